The first kappa shape index (κ1) is 27.0. The maximum absolute atomic E-state index is 13.9. The number of halogens is 1. The van der Waals surface area contributed by atoms with Crippen LogP contribution in [0.5, 0.6) is 5.75 Å². The molecule has 0 amide bonds. The largest absolute Gasteiger partial charge is 0.488 e. The number of aryl methyl sites for hydroxylation is 2. The molecule has 0 aliphatic rings. The Balaban J connectivity index is 0.00000199. The summed E-state index contributed by atoms with van der Waals surface area (Å²) in [4.78, 5) is 11.9. The Kier molecular flexibility index (Phi) is 10.2. The number of likely N-dealkylation sites (N-methyl/N-ethyl adjacent to an activating group) is 1. The van der Waals surface area contributed by atoms with Crippen LogP contribution in [0.3, 0.4) is 0 Å². The van der Waals surface area contributed by atoms with Gasteiger partial charge in [0.15, 0.2) is 11.6 Å². The number of aliphatic hydroxyl groups is 1. The van der Waals surface area contributed by atoms with Crippen LogP contribution in [0.25, 0.3) is 11.1 Å². The summed E-state index contributed by atoms with van der Waals surface area (Å²) in [5.74, 6) is -0.956. The third kappa shape index (κ3) is 7.64. The summed E-state index contributed by atoms with van der Waals surface area (Å²) in [6.07, 6.45) is -0.844. The zero-order valence-corrected chi connectivity index (χ0v) is 20.4. The Bertz CT molecular complexity index is 1090. The number of hydrogen-bond acceptors (Lipinski definition) is 5. The number of nitro benzene ring substituents is 1. The minimum absolute atomic E-state index is 0.120. The second kappa shape index (κ2) is 12.8. The molecule has 0 aliphatic carbocycles. The van der Waals surface area contributed by atoms with Crippen LogP contribution in [0.4, 0.5) is 10.1 Å². The number of benzene rings is 3. The van der Waals surface area contributed by atoms with Crippen LogP contribution in [0.15, 0.2) is 60.7 Å². The second-order valence-electron chi connectivity index (χ2n) is 8.05. The van der Waals surface area contributed by atoms with Gasteiger partial charge in [-0.3, -0.25) is 15.0 Å². The molecule has 0 heterocycles. The van der Waals surface area contributed by atoms with E-state index in [9.17, 15) is 19.6 Å². The van der Waals surface area contributed by atoms with Crippen molar-refractivity contribution >= 4 is 5.69 Å². The normalized spacial score (nSPS) is 11.5. The van der Waals surface area contributed by atoms with Gasteiger partial charge < -0.3 is 9.84 Å². The first-order valence-electron chi connectivity index (χ1n) is 11.3. The average molecular weight is 469 g/mol. The number of hydrogen-bond donors (Lipinski definition) is 1. The van der Waals surface area contributed by atoms with Gasteiger partial charge in [-0.2, -0.15) is 0 Å². The summed E-state index contributed by atoms with van der Waals surface area (Å²) in [7, 11) is 1.88. The molecule has 6 nitrogen and oxygen atoms in total. The Morgan fingerprint density at radius 3 is 2.35 bits per heavy atom. The third-order valence-electron chi connectivity index (χ3n) is 5.19. The topological polar surface area (TPSA) is 75.8 Å². The van der Waals surface area contributed by atoms with Crippen molar-refractivity contribution in [2.75, 3.05) is 20.2 Å². The van der Waals surface area contributed by atoms with Gasteiger partial charge in [0.2, 0.25) is 0 Å². The summed E-state index contributed by atoms with van der Waals surface area (Å²) in [5.41, 5.74) is 5.59. The molecule has 1 N–H and O–H groups in total. The average Bonchev–Trinajstić information content (AvgIpc) is 2.81. The lowest BCUT2D eigenvalue weighted by Gasteiger charge is -2.21. The van der Waals surface area contributed by atoms with Gasteiger partial charge in [0.25, 0.3) is 5.69 Å². The van der Waals surface area contributed by atoms with E-state index >= 15 is 0 Å². The molecule has 0 aromatic heterocycles. The lowest BCUT2D eigenvalue weighted by atomic mass is 9.97. The smallest absolute Gasteiger partial charge is 0.272 e. The minimum Gasteiger partial charge on any atom is -0.488 e. The van der Waals surface area contributed by atoms with Crippen LogP contribution in [-0.2, 0) is 6.54 Å². The van der Waals surface area contributed by atoms with Crippen molar-refractivity contribution in [3.63, 3.8) is 0 Å². The molecule has 0 saturated carbocycles. The van der Waals surface area contributed by atoms with Gasteiger partial charge in [-0.05, 0) is 49.2 Å². The molecule has 182 valence electrons. The number of non-ortho nitro benzene ring substituents is 1. The molecule has 3 rings (SSSR count). The highest BCUT2D eigenvalue weighted by Gasteiger charge is 2.14. The van der Waals surface area contributed by atoms with Gasteiger partial charge in [0, 0.05) is 19.2 Å². The summed E-state index contributed by atoms with van der Waals surface area (Å²) < 4.78 is 19.2. The van der Waals surface area contributed by atoms with Crippen molar-refractivity contribution in [1.82, 2.24) is 4.90 Å². The van der Waals surface area contributed by atoms with E-state index in [0.717, 1.165) is 17.2 Å². The fourth-order valence-electron chi connectivity index (χ4n) is 3.53. The Morgan fingerprint density at radius 1 is 1.06 bits per heavy atom. The Hall–Kier alpha value is -3.29. The van der Waals surface area contributed by atoms with Crippen LogP contribution in [0, 0.1) is 29.8 Å². The zero-order chi connectivity index (χ0) is 25.3. The molecular formula is C27H33FN2O4. The van der Waals surface area contributed by atoms with E-state index in [1.807, 2.05) is 25.8 Å². The summed E-state index contributed by atoms with van der Waals surface area (Å²) >= 11 is 0. The second-order valence-corrected chi connectivity index (χ2v) is 8.05. The van der Waals surface area contributed by atoms with Gasteiger partial charge >= 0.3 is 0 Å². The molecule has 7 heteroatoms. The van der Waals surface area contributed by atoms with Crippen molar-refractivity contribution in [2.45, 2.75) is 40.3 Å². The van der Waals surface area contributed by atoms with Gasteiger partial charge in [-0.25, -0.2) is 4.39 Å². The molecular weight excluding hydrogens is 435 g/mol. The number of nitrogens with zero attached hydrogens (tertiary/aromatic N) is 2. The van der Waals surface area contributed by atoms with Crippen LogP contribution in [0.2, 0.25) is 0 Å². The molecule has 3 aromatic rings. The quantitative estimate of drug-likeness (QED) is 0.312. The van der Waals surface area contributed by atoms with Gasteiger partial charge in [-0.1, -0.05) is 61.9 Å². The van der Waals surface area contributed by atoms with Crippen LogP contribution in [-0.4, -0.2) is 41.2 Å². The first-order valence-corrected chi connectivity index (χ1v) is 11.3. The Labute approximate surface area is 200 Å². The third-order valence-corrected chi connectivity index (χ3v) is 5.19. The first-order chi connectivity index (χ1) is 16.2. The highest BCUT2D eigenvalue weighted by molar-refractivity contribution is 5.68. The van der Waals surface area contributed by atoms with E-state index in [1.54, 1.807) is 0 Å². The van der Waals surface area contributed by atoms with E-state index < -0.39 is 16.8 Å². The molecule has 0 aliphatic heterocycles. The van der Waals surface area contributed by atoms with Crippen LogP contribution >= 0.6 is 0 Å². The number of nitro groups is 1. The molecule has 0 fully saturated rings. The van der Waals surface area contributed by atoms with Crippen molar-refractivity contribution in [2.24, 2.45) is 0 Å². The minimum atomic E-state index is -0.844. The lowest BCUT2D eigenvalue weighted by molar-refractivity contribution is -0.385. The lowest BCUT2D eigenvalue weighted by Crippen LogP contribution is -2.32. The van der Waals surface area contributed by atoms with E-state index in [2.05, 4.69) is 56.3 Å². The molecule has 0 bridgehead atoms. The molecule has 0 spiro atoms. The van der Waals surface area contributed by atoms with E-state index in [1.165, 1.54) is 28.8 Å². The van der Waals surface area contributed by atoms with Crippen LogP contribution < -0.4 is 4.74 Å². The summed E-state index contributed by atoms with van der Waals surface area (Å²) in [5, 5.41) is 20.9. The number of aliphatic hydroxyl groups excluding tert-OH is 1. The number of rotatable bonds is 9. The molecule has 34 heavy (non-hydrogen) atoms. The fraction of sp³-hybridized carbons (Fsp3) is 0.333. The molecule has 0 radical (unpaired) electrons. The molecule has 1 atom stereocenters. The van der Waals surface area contributed by atoms with E-state index in [0.29, 0.717) is 13.1 Å². The number of ether oxygens (including phenoxy) is 1. The maximum atomic E-state index is 13.9. The summed E-state index contributed by atoms with van der Waals surface area (Å²) in [6.45, 7) is 9.02. The van der Waals surface area contributed by atoms with Crippen molar-refractivity contribution < 1.29 is 19.2 Å². The molecule has 0 saturated heterocycles. The summed E-state index contributed by atoms with van der Waals surface area (Å²) in [6, 6.07) is 17.9. The molecule has 1 unspecified atom stereocenters. The Morgan fingerprint density at radius 2 is 1.74 bits per heavy atom. The van der Waals surface area contributed by atoms with Gasteiger partial charge in [0.1, 0.15) is 12.7 Å². The van der Waals surface area contributed by atoms with Gasteiger partial charge in [-0.15, -0.1) is 0 Å². The van der Waals surface area contributed by atoms with Crippen molar-refractivity contribution in [3.8, 4) is 16.9 Å². The van der Waals surface area contributed by atoms with E-state index in [-0.39, 0.29) is 18.0 Å². The highest BCUT2D eigenvalue weighted by Crippen LogP contribution is 2.25. The van der Waals surface area contributed by atoms with Crippen molar-refractivity contribution in [1.29, 1.82) is 0 Å². The van der Waals surface area contributed by atoms with Gasteiger partial charge in [0.05, 0.1) is 11.0 Å². The molecule has 3 aromatic carbocycles. The monoisotopic (exact) mass is 468 g/mol. The zero-order valence-electron chi connectivity index (χ0n) is 20.4. The van der Waals surface area contributed by atoms with Crippen LogP contribution in [0.1, 0.15) is 30.5 Å². The predicted molar refractivity (Wildman–Crippen MR) is 134 cm³/mol. The maximum Gasteiger partial charge on any atom is 0.272 e. The fourth-order valence-corrected chi connectivity index (χ4v) is 3.53. The van der Waals surface area contributed by atoms with E-state index in [4.69, 9.17) is 4.74 Å². The SMILES string of the molecule is CC.Cc1ccc(C)c(-c2ccc(CN(C)CC(O)COc3ccc([N+](=O)[O-])cc3F)cc2)c1. The highest BCUT2D eigenvalue weighted by atomic mass is 19.1. The standard InChI is InChI=1S/C25H27FN2O4.C2H6/c1-17-4-5-18(2)23(12-17)20-8-6-19(7-9-20)14-27(3)15-22(29)16-32-25-11-10-21(28(30)31)13-24(25)26;1-2/h4-13,22,29H,14-16H2,1-3H3;1-2H3. The van der Waals surface area contributed by atoms with Crippen molar-refractivity contribution in [3.05, 3.63) is 93.3 Å². The predicted octanol–water partition coefficient (Wildman–Crippen LogP) is 5.92.